The minimum atomic E-state index is -4.60. The average Bonchev–Trinajstić information content (AvgIpc) is 3.14. The molecule has 29 heavy (non-hydrogen) atoms. The first kappa shape index (κ1) is 20.6. The minimum Gasteiger partial charge on any atom is -0.496 e. The fourth-order valence-electron chi connectivity index (χ4n) is 2.46. The van der Waals surface area contributed by atoms with Crippen LogP contribution in [0.1, 0.15) is 5.56 Å². The van der Waals surface area contributed by atoms with Crippen molar-refractivity contribution in [1.29, 1.82) is 0 Å². The van der Waals surface area contributed by atoms with Crippen LogP contribution in [0, 0.1) is 5.82 Å². The van der Waals surface area contributed by atoms with E-state index in [2.05, 4.69) is 10.3 Å². The van der Waals surface area contributed by atoms with Gasteiger partial charge in [0.25, 0.3) is 5.91 Å². The van der Waals surface area contributed by atoms with Crippen molar-refractivity contribution in [1.82, 2.24) is 4.98 Å². The lowest BCUT2D eigenvalue weighted by Gasteiger charge is -2.13. The molecular weight excluding hydrogens is 412 g/mol. The molecule has 0 saturated heterocycles. The van der Waals surface area contributed by atoms with Crippen molar-refractivity contribution >= 4 is 22.4 Å². The Bertz CT molecular complexity index is 1020. The third-order valence-corrected chi connectivity index (χ3v) is 4.50. The Morgan fingerprint density at radius 2 is 1.93 bits per heavy atom. The Balaban J connectivity index is 1.67. The van der Waals surface area contributed by atoms with Gasteiger partial charge in [-0.3, -0.25) is 10.1 Å². The lowest BCUT2D eigenvalue weighted by molar-refractivity contribution is -0.139. The number of ether oxygens (including phenoxy) is 2. The molecule has 1 heterocycles. The second-order valence-corrected chi connectivity index (χ2v) is 6.57. The van der Waals surface area contributed by atoms with Crippen LogP contribution in [0.25, 0.3) is 11.3 Å². The lowest BCUT2D eigenvalue weighted by Crippen LogP contribution is -2.21. The third-order valence-electron chi connectivity index (χ3n) is 3.74. The summed E-state index contributed by atoms with van der Waals surface area (Å²) in [5, 5.41) is 4.21. The maximum absolute atomic E-state index is 13.5. The first-order chi connectivity index (χ1) is 13.8. The van der Waals surface area contributed by atoms with Crippen LogP contribution in [0.4, 0.5) is 22.7 Å². The summed E-state index contributed by atoms with van der Waals surface area (Å²) in [6.07, 6.45) is -4.60. The Morgan fingerprint density at radius 1 is 1.17 bits per heavy atom. The van der Waals surface area contributed by atoms with Crippen LogP contribution >= 0.6 is 11.3 Å². The number of hydrogen-bond acceptors (Lipinski definition) is 5. The highest BCUT2D eigenvalue weighted by atomic mass is 32.1. The smallest absolute Gasteiger partial charge is 0.419 e. The summed E-state index contributed by atoms with van der Waals surface area (Å²) in [6.45, 7) is -0.634. The maximum Gasteiger partial charge on any atom is 0.419 e. The van der Waals surface area contributed by atoms with E-state index in [1.54, 1.807) is 5.38 Å². The van der Waals surface area contributed by atoms with Crippen LogP contribution < -0.4 is 14.8 Å². The first-order valence-corrected chi connectivity index (χ1v) is 9.04. The Labute approximate surface area is 166 Å². The molecule has 5 nitrogen and oxygen atoms in total. The number of halogens is 4. The predicted molar refractivity (Wildman–Crippen MR) is 99.6 cm³/mol. The van der Waals surface area contributed by atoms with Crippen LogP contribution in [-0.4, -0.2) is 24.6 Å². The van der Waals surface area contributed by atoms with Crippen molar-refractivity contribution in [3.8, 4) is 22.8 Å². The molecule has 0 unspecified atom stereocenters. The van der Waals surface area contributed by atoms with Crippen LogP contribution in [-0.2, 0) is 11.0 Å². The lowest BCUT2D eigenvalue weighted by atomic mass is 10.1. The number of hydrogen-bond donors (Lipinski definition) is 1. The van der Waals surface area contributed by atoms with Gasteiger partial charge >= 0.3 is 6.18 Å². The van der Waals surface area contributed by atoms with E-state index in [4.69, 9.17) is 9.47 Å². The summed E-state index contributed by atoms with van der Waals surface area (Å²) in [7, 11) is 1.43. The third kappa shape index (κ3) is 5.02. The number of benzene rings is 2. The molecule has 0 bridgehead atoms. The molecule has 0 radical (unpaired) electrons. The summed E-state index contributed by atoms with van der Waals surface area (Å²) >= 11 is 1.07. The van der Waals surface area contributed by atoms with Gasteiger partial charge in [0, 0.05) is 10.9 Å². The zero-order chi connectivity index (χ0) is 21.0. The molecular formula is C19H14F4N2O3S. The van der Waals surface area contributed by atoms with Gasteiger partial charge in [-0.1, -0.05) is 12.1 Å². The number of amides is 1. The quantitative estimate of drug-likeness (QED) is 0.564. The number of nitrogens with one attached hydrogen (secondary N) is 1. The molecule has 0 fully saturated rings. The van der Waals surface area contributed by atoms with Crippen LogP contribution in [0.2, 0.25) is 0 Å². The van der Waals surface area contributed by atoms with E-state index in [1.165, 1.54) is 37.4 Å². The molecule has 1 aromatic heterocycles. The summed E-state index contributed by atoms with van der Waals surface area (Å²) in [5.41, 5.74) is -0.188. The van der Waals surface area contributed by atoms with Gasteiger partial charge in [-0.15, -0.1) is 11.3 Å². The van der Waals surface area contributed by atoms with E-state index in [9.17, 15) is 22.4 Å². The molecule has 152 valence electrons. The van der Waals surface area contributed by atoms with Gasteiger partial charge in [0.1, 0.15) is 17.3 Å². The number of alkyl halides is 3. The predicted octanol–water partition coefficient (Wildman–Crippen LogP) is 4.99. The zero-order valence-corrected chi connectivity index (χ0v) is 15.7. The fourth-order valence-corrected chi connectivity index (χ4v) is 3.19. The topological polar surface area (TPSA) is 60.5 Å². The Hall–Kier alpha value is -3.14. The average molecular weight is 426 g/mol. The van der Waals surface area contributed by atoms with E-state index < -0.39 is 35.8 Å². The van der Waals surface area contributed by atoms with E-state index in [1.807, 2.05) is 0 Å². The van der Waals surface area contributed by atoms with Gasteiger partial charge < -0.3 is 9.47 Å². The van der Waals surface area contributed by atoms with E-state index >= 15 is 0 Å². The van der Waals surface area contributed by atoms with Crippen molar-refractivity contribution < 1.29 is 31.8 Å². The number of aromatic nitrogens is 1. The van der Waals surface area contributed by atoms with Crippen LogP contribution in [0.15, 0.2) is 47.8 Å². The highest BCUT2D eigenvalue weighted by Gasteiger charge is 2.34. The SMILES string of the molecule is COc1ccc(F)cc1-c1csc(NC(=O)COc2ccccc2C(F)(F)F)n1. The van der Waals surface area contributed by atoms with Crippen molar-refractivity contribution in [2.75, 3.05) is 19.0 Å². The normalized spacial score (nSPS) is 11.2. The molecule has 0 atom stereocenters. The molecule has 0 aliphatic rings. The molecule has 1 N–H and O–H groups in total. The first-order valence-electron chi connectivity index (χ1n) is 8.16. The number of carbonyl (C=O) groups is 1. The van der Waals surface area contributed by atoms with Crippen molar-refractivity contribution in [3.63, 3.8) is 0 Å². The molecule has 0 saturated carbocycles. The second kappa shape index (κ2) is 8.48. The number of methoxy groups -OCH3 is 1. The summed E-state index contributed by atoms with van der Waals surface area (Å²) in [5.74, 6) is -1.20. The van der Waals surface area contributed by atoms with Gasteiger partial charge in [-0.05, 0) is 30.3 Å². The molecule has 1 amide bonds. The van der Waals surface area contributed by atoms with Gasteiger partial charge in [0.2, 0.25) is 0 Å². The van der Waals surface area contributed by atoms with E-state index in [0.717, 1.165) is 23.5 Å². The second-order valence-electron chi connectivity index (χ2n) is 5.71. The van der Waals surface area contributed by atoms with E-state index in [-0.39, 0.29) is 5.13 Å². The molecule has 3 rings (SSSR count). The largest absolute Gasteiger partial charge is 0.496 e. The zero-order valence-electron chi connectivity index (χ0n) is 14.9. The van der Waals surface area contributed by atoms with Gasteiger partial charge in [-0.25, -0.2) is 9.37 Å². The number of anilines is 1. The highest BCUT2D eigenvalue weighted by molar-refractivity contribution is 7.14. The van der Waals surface area contributed by atoms with Crippen molar-refractivity contribution in [2.45, 2.75) is 6.18 Å². The molecule has 0 spiro atoms. The Kier molecular flexibility index (Phi) is 6.02. The van der Waals surface area contributed by atoms with Crippen LogP contribution in [0.3, 0.4) is 0 Å². The number of nitrogens with zero attached hydrogens (tertiary/aromatic N) is 1. The number of para-hydroxylation sites is 1. The number of carbonyl (C=O) groups excluding carboxylic acids is 1. The summed E-state index contributed by atoms with van der Waals surface area (Å²) in [4.78, 5) is 16.2. The summed E-state index contributed by atoms with van der Waals surface area (Å²) < 4.78 is 62.5. The van der Waals surface area contributed by atoms with Crippen LogP contribution in [0.5, 0.6) is 11.5 Å². The molecule has 0 aliphatic heterocycles. The molecule has 10 heteroatoms. The number of rotatable bonds is 6. The Morgan fingerprint density at radius 3 is 2.66 bits per heavy atom. The van der Waals surface area contributed by atoms with Gasteiger partial charge in [0.15, 0.2) is 11.7 Å². The molecule has 3 aromatic rings. The molecule has 2 aromatic carbocycles. The number of thiazole rings is 1. The van der Waals surface area contributed by atoms with Gasteiger partial charge in [0.05, 0.1) is 18.4 Å². The van der Waals surface area contributed by atoms with E-state index in [0.29, 0.717) is 17.0 Å². The van der Waals surface area contributed by atoms with Crippen molar-refractivity contribution in [3.05, 3.63) is 59.2 Å². The molecule has 0 aliphatic carbocycles. The highest BCUT2D eigenvalue weighted by Crippen LogP contribution is 2.36. The van der Waals surface area contributed by atoms with Gasteiger partial charge in [-0.2, -0.15) is 13.2 Å². The monoisotopic (exact) mass is 426 g/mol. The van der Waals surface area contributed by atoms with Crippen molar-refractivity contribution in [2.24, 2.45) is 0 Å². The minimum absolute atomic E-state index is 0.184. The summed E-state index contributed by atoms with van der Waals surface area (Å²) in [6, 6.07) is 8.55. The standard InChI is InChI=1S/C19H14F4N2O3S/c1-27-15-7-6-11(20)8-12(15)14-10-29-18(24-14)25-17(26)9-28-16-5-3-2-4-13(16)19(21,22)23/h2-8,10H,9H2,1H3,(H,24,25,26). The fraction of sp³-hybridized carbons (Fsp3) is 0.158. The maximum atomic E-state index is 13.5.